The molecule has 1 aliphatic rings. The number of hydrogen-bond donors (Lipinski definition) is 0. The Labute approximate surface area is 121 Å². The first-order valence-corrected chi connectivity index (χ1v) is 8.23. The molecule has 0 aromatic carbocycles. The number of thiazole rings is 2. The molecule has 0 unspecified atom stereocenters. The molecule has 4 heterocycles. The van der Waals surface area contributed by atoms with Gasteiger partial charge in [-0.2, -0.15) is 0 Å². The Morgan fingerprint density at radius 3 is 1.79 bits per heavy atom. The maximum absolute atomic E-state index is 5.79. The number of fused-ring (bicyclic) bond motifs is 1. The van der Waals surface area contributed by atoms with E-state index in [-0.39, 0.29) is 0 Å². The van der Waals surface area contributed by atoms with Gasteiger partial charge in [-0.1, -0.05) is 0 Å². The smallest absolute Gasteiger partial charge is 0.183 e. The van der Waals surface area contributed by atoms with Gasteiger partial charge < -0.3 is 9.47 Å². The summed E-state index contributed by atoms with van der Waals surface area (Å²) in [6, 6.07) is 0. The van der Waals surface area contributed by atoms with Gasteiger partial charge in [0.05, 0.1) is 0 Å². The molecular formula is C12H8N2O2S3. The minimum absolute atomic E-state index is 0.583. The van der Waals surface area contributed by atoms with Crippen LogP contribution in [0.1, 0.15) is 0 Å². The standard InChI is InChI=1S/C12H8N2O2S3/c1-5-17-11(13-1)9-7-8(16-4-3-15-7)10(19-9)12-14-2-6-18-12/h1-2,5-6H,3-4H2. The van der Waals surface area contributed by atoms with Crippen molar-refractivity contribution in [2.24, 2.45) is 0 Å². The number of hydrogen-bond acceptors (Lipinski definition) is 7. The molecule has 4 rings (SSSR count). The van der Waals surface area contributed by atoms with Gasteiger partial charge in [-0.05, 0) is 0 Å². The zero-order chi connectivity index (χ0) is 12.7. The summed E-state index contributed by atoms with van der Waals surface area (Å²) in [6.07, 6.45) is 3.61. The van der Waals surface area contributed by atoms with Crippen molar-refractivity contribution in [2.75, 3.05) is 13.2 Å². The second-order valence-corrected chi connectivity index (χ2v) is 6.60. The SMILES string of the molecule is c1csc(-c2sc(-c3nccs3)c3c2OCCO3)n1. The molecular weight excluding hydrogens is 300 g/mol. The molecule has 7 heteroatoms. The number of ether oxygens (including phenoxy) is 2. The van der Waals surface area contributed by atoms with Crippen LogP contribution in [-0.2, 0) is 0 Å². The fourth-order valence-corrected chi connectivity index (χ4v) is 4.56. The van der Waals surface area contributed by atoms with Crippen LogP contribution in [0.5, 0.6) is 11.5 Å². The Bertz CT molecular complexity index is 630. The summed E-state index contributed by atoms with van der Waals surface area (Å²) < 4.78 is 11.6. The predicted molar refractivity (Wildman–Crippen MR) is 77.5 cm³/mol. The summed E-state index contributed by atoms with van der Waals surface area (Å²) in [5, 5.41) is 5.87. The number of aromatic nitrogens is 2. The lowest BCUT2D eigenvalue weighted by Crippen LogP contribution is -2.14. The second-order valence-electron chi connectivity index (χ2n) is 3.79. The lowest BCUT2D eigenvalue weighted by atomic mass is 10.3. The van der Waals surface area contributed by atoms with Gasteiger partial charge in [0.2, 0.25) is 0 Å². The van der Waals surface area contributed by atoms with Crippen molar-refractivity contribution in [2.45, 2.75) is 0 Å². The Balaban J connectivity index is 1.93. The van der Waals surface area contributed by atoms with Gasteiger partial charge in [0.15, 0.2) is 11.5 Å². The molecule has 0 saturated carbocycles. The van der Waals surface area contributed by atoms with Crippen LogP contribution in [0.15, 0.2) is 23.2 Å². The maximum atomic E-state index is 5.79. The van der Waals surface area contributed by atoms with Gasteiger partial charge in [0.25, 0.3) is 0 Å². The molecule has 4 nitrogen and oxygen atoms in total. The molecule has 3 aromatic heterocycles. The van der Waals surface area contributed by atoms with E-state index >= 15 is 0 Å². The molecule has 0 radical (unpaired) electrons. The van der Waals surface area contributed by atoms with Gasteiger partial charge in [0.1, 0.15) is 33.0 Å². The van der Waals surface area contributed by atoms with Crippen molar-refractivity contribution < 1.29 is 9.47 Å². The maximum Gasteiger partial charge on any atom is 0.183 e. The summed E-state index contributed by atoms with van der Waals surface area (Å²) in [5.41, 5.74) is 0. The first kappa shape index (κ1) is 11.4. The monoisotopic (exact) mass is 308 g/mol. The highest BCUT2D eigenvalue weighted by molar-refractivity contribution is 7.26. The minimum atomic E-state index is 0.583. The molecule has 96 valence electrons. The summed E-state index contributed by atoms with van der Waals surface area (Å²) >= 11 is 4.85. The summed E-state index contributed by atoms with van der Waals surface area (Å²) in [6.45, 7) is 1.17. The zero-order valence-electron chi connectivity index (χ0n) is 9.66. The molecule has 19 heavy (non-hydrogen) atoms. The van der Waals surface area contributed by atoms with E-state index in [4.69, 9.17) is 9.47 Å². The van der Waals surface area contributed by atoms with E-state index in [1.54, 1.807) is 46.4 Å². The van der Waals surface area contributed by atoms with Crippen LogP contribution < -0.4 is 9.47 Å². The molecule has 0 amide bonds. The predicted octanol–water partition coefficient (Wildman–Crippen LogP) is 3.77. The molecule has 0 bridgehead atoms. The average molecular weight is 308 g/mol. The third-order valence-corrected chi connectivity index (χ3v) is 5.66. The van der Waals surface area contributed by atoms with E-state index in [1.165, 1.54) is 0 Å². The molecule has 0 spiro atoms. The van der Waals surface area contributed by atoms with Crippen molar-refractivity contribution in [3.8, 4) is 31.3 Å². The van der Waals surface area contributed by atoms with Crippen LogP contribution in [0, 0.1) is 0 Å². The first-order chi connectivity index (χ1) is 9.43. The van der Waals surface area contributed by atoms with Crippen LogP contribution in [0.25, 0.3) is 19.8 Å². The van der Waals surface area contributed by atoms with Gasteiger partial charge >= 0.3 is 0 Å². The van der Waals surface area contributed by atoms with E-state index < -0.39 is 0 Å². The lowest BCUT2D eigenvalue weighted by Gasteiger charge is -2.16. The molecule has 0 fully saturated rings. The Morgan fingerprint density at radius 1 is 0.842 bits per heavy atom. The third-order valence-electron chi connectivity index (χ3n) is 2.65. The Kier molecular flexibility index (Phi) is 2.75. The van der Waals surface area contributed by atoms with Crippen LogP contribution in [0.3, 0.4) is 0 Å². The molecule has 0 aliphatic carbocycles. The fraction of sp³-hybridized carbons (Fsp3) is 0.167. The van der Waals surface area contributed by atoms with Gasteiger partial charge in [-0.15, -0.1) is 34.0 Å². The second kappa shape index (κ2) is 4.59. The average Bonchev–Trinajstić information content (AvgIpc) is 3.18. The van der Waals surface area contributed by atoms with Crippen molar-refractivity contribution in [1.82, 2.24) is 9.97 Å². The minimum Gasteiger partial charge on any atom is -0.484 e. The summed E-state index contributed by atoms with van der Waals surface area (Å²) in [4.78, 5) is 10.8. The van der Waals surface area contributed by atoms with Crippen molar-refractivity contribution in [3.63, 3.8) is 0 Å². The van der Waals surface area contributed by atoms with Crippen molar-refractivity contribution >= 4 is 34.0 Å². The quantitative estimate of drug-likeness (QED) is 0.723. The van der Waals surface area contributed by atoms with E-state index in [0.29, 0.717) is 13.2 Å². The summed E-state index contributed by atoms with van der Waals surface area (Å²) in [7, 11) is 0. The third kappa shape index (κ3) is 1.85. The molecule has 0 saturated heterocycles. The van der Waals surface area contributed by atoms with Crippen molar-refractivity contribution in [1.29, 1.82) is 0 Å². The van der Waals surface area contributed by atoms with E-state index in [1.807, 2.05) is 10.8 Å². The number of rotatable bonds is 2. The highest BCUT2D eigenvalue weighted by Gasteiger charge is 2.28. The van der Waals surface area contributed by atoms with Gasteiger partial charge in [-0.3, -0.25) is 0 Å². The Hall–Kier alpha value is -1.44. The molecule has 1 aliphatic heterocycles. The Morgan fingerprint density at radius 2 is 1.37 bits per heavy atom. The van der Waals surface area contributed by atoms with E-state index in [0.717, 1.165) is 31.3 Å². The number of thiophene rings is 1. The molecule has 0 atom stereocenters. The summed E-state index contributed by atoms with van der Waals surface area (Å²) in [5.74, 6) is 1.63. The van der Waals surface area contributed by atoms with Gasteiger partial charge in [-0.25, -0.2) is 9.97 Å². The zero-order valence-corrected chi connectivity index (χ0v) is 12.1. The fourth-order valence-electron chi connectivity index (χ4n) is 1.90. The van der Waals surface area contributed by atoms with E-state index in [9.17, 15) is 0 Å². The van der Waals surface area contributed by atoms with Crippen LogP contribution in [0.4, 0.5) is 0 Å². The lowest BCUT2D eigenvalue weighted by molar-refractivity contribution is 0.175. The number of nitrogens with zero attached hydrogens (tertiary/aromatic N) is 2. The molecule has 3 aromatic rings. The highest BCUT2D eigenvalue weighted by Crippen LogP contribution is 2.53. The van der Waals surface area contributed by atoms with Gasteiger partial charge in [0, 0.05) is 23.2 Å². The van der Waals surface area contributed by atoms with E-state index in [2.05, 4.69) is 9.97 Å². The van der Waals surface area contributed by atoms with Crippen LogP contribution in [0.2, 0.25) is 0 Å². The van der Waals surface area contributed by atoms with Crippen molar-refractivity contribution in [3.05, 3.63) is 23.2 Å². The first-order valence-electron chi connectivity index (χ1n) is 5.65. The topological polar surface area (TPSA) is 44.2 Å². The molecule has 0 N–H and O–H groups in total. The van der Waals surface area contributed by atoms with Crippen LogP contribution >= 0.6 is 34.0 Å². The highest BCUT2D eigenvalue weighted by atomic mass is 32.1. The van der Waals surface area contributed by atoms with Crippen LogP contribution in [-0.4, -0.2) is 23.2 Å². The largest absolute Gasteiger partial charge is 0.484 e. The normalized spacial score (nSPS) is 13.7.